The summed E-state index contributed by atoms with van der Waals surface area (Å²) in [5.41, 5.74) is 6.19. The summed E-state index contributed by atoms with van der Waals surface area (Å²) in [7, 11) is 4.16. The molecule has 1 saturated heterocycles. The fraction of sp³-hybridized carbons (Fsp3) is 0.941. The zero-order chi connectivity index (χ0) is 15.6. The molecule has 21 heavy (non-hydrogen) atoms. The lowest BCUT2D eigenvalue weighted by molar-refractivity contribution is -0.138. The first kappa shape index (κ1) is 16.8. The van der Waals surface area contributed by atoms with E-state index in [1.165, 1.54) is 12.8 Å². The number of nitrogens with zero attached hydrogens (tertiary/aromatic N) is 2. The SMILES string of the molecule is CC1CC(C)C(C(=O)N(C)CC2CCN(C)CC2)CC1N. The van der Waals surface area contributed by atoms with Crippen LogP contribution < -0.4 is 5.73 Å². The van der Waals surface area contributed by atoms with Crippen LogP contribution in [0.1, 0.15) is 39.5 Å². The van der Waals surface area contributed by atoms with Crippen molar-refractivity contribution in [3.05, 3.63) is 0 Å². The van der Waals surface area contributed by atoms with Gasteiger partial charge in [0, 0.05) is 25.6 Å². The molecule has 2 aliphatic rings. The van der Waals surface area contributed by atoms with Gasteiger partial charge in [-0.15, -0.1) is 0 Å². The van der Waals surface area contributed by atoms with E-state index in [0.29, 0.717) is 23.7 Å². The van der Waals surface area contributed by atoms with Crippen LogP contribution in [0.3, 0.4) is 0 Å². The molecule has 2 N–H and O–H groups in total. The van der Waals surface area contributed by atoms with Crippen LogP contribution in [0.2, 0.25) is 0 Å². The Labute approximate surface area is 130 Å². The largest absolute Gasteiger partial charge is 0.345 e. The zero-order valence-electron chi connectivity index (χ0n) is 14.2. The number of hydrogen-bond acceptors (Lipinski definition) is 3. The lowest BCUT2D eigenvalue weighted by Crippen LogP contribution is -2.47. The summed E-state index contributed by atoms with van der Waals surface area (Å²) in [6.45, 7) is 7.67. The van der Waals surface area contributed by atoms with Crippen LogP contribution in [-0.4, -0.2) is 55.5 Å². The quantitative estimate of drug-likeness (QED) is 0.863. The van der Waals surface area contributed by atoms with Gasteiger partial charge in [0.25, 0.3) is 0 Å². The topological polar surface area (TPSA) is 49.6 Å². The molecule has 4 unspecified atom stereocenters. The van der Waals surface area contributed by atoms with Crippen molar-refractivity contribution in [1.82, 2.24) is 9.80 Å². The molecule has 1 aliphatic carbocycles. The van der Waals surface area contributed by atoms with Gasteiger partial charge in [-0.2, -0.15) is 0 Å². The average molecular weight is 295 g/mol. The van der Waals surface area contributed by atoms with Crippen molar-refractivity contribution < 1.29 is 4.79 Å². The summed E-state index contributed by atoms with van der Waals surface area (Å²) >= 11 is 0. The highest BCUT2D eigenvalue weighted by atomic mass is 16.2. The van der Waals surface area contributed by atoms with Gasteiger partial charge in [-0.3, -0.25) is 4.79 Å². The van der Waals surface area contributed by atoms with Gasteiger partial charge in [-0.25, -0.2) is 0 Å². The number of nitrogens with two attached hydrogens (primary N) is 1. The molecule has 4 heteroatoms. The number of carbonyl (C=O) groups excluding carboxylic acids is 1. The number of rotatable bonds is 3. The summed E-state index contributed by atoms with van der Waals surface area (Å²) in [6.07, 6.45) is 4.37. The smallest absolute Gasteiger partial charge is 0.225 e. The molecule has 4 nitrogen and oxygen atoms in total. The van der Waals surface area contributed by atoms with Crippen molar-refractivity contribution in [1.29, 1.82) is 0 Å². The fourth-order valence-corrected chi connectivity index (χ4v) is 4.03. The highest BCUT2D eigenvalue weighted by Gasteiger charge is 2.36. The van der Waals surface area contributed by atoms with E-state index >= 15 is 0 Å². The van der Waals surface area contributed by atoms with E-state index in [1.807, 2.05) is 11.9 Å². The van der Waals surface area contributed by atoms with Crippen molar-refractivity contribution in [2.75, 3.05) is 33.7 Å². The molecule has 1 amide bonds. The third kappa shape index (κ3) is 4.19. The number of piperidine rings is 1. The summed E-state index contributed by atoms with van der Waals surface area (Å²) < 4.78 is 0. The highest BCUT2D eigenvalue weighted by molar-refractivity contribution is 5.79. The van der Waals surface area contributed by atoms with E-state index in [1.54, 1.807) is 0 Å². The Morgan fingerprint density at radius 3 is 2.43 bits per heavy atom. The van der Waals surface area contributed by atoms with E-state index in [4.69, 9.17) is 5.73 Å². The molecule has 122 valence electrons. The van der Waals surface area contributed by atoms with Crippen molar-refractivity contribution in [2.45, 2.75) is 45.6 Å². The normalized spacial score (nSPS) is 35.7. The van der Waals surface area contributed by atoms with Gasteiger partial charge in [-0.05, 0) is 63.6 Å². The average Bonchev–Trinajstić information content (AvgIpc) is 2.44. The van der Waals surface area contributed by atoms with Crippen LogP contribution in [0.5, 0.6) is 0 Å². The molecule has 1 heterocycles. The van der Waals surface area contributed by atoms with Gasteiger partial charge in [-0.1, -0.05) is 13.8 Å². The second kappa shape index (κ2) is 7.10. The molecule has 0 aromatic carbocycles. The summed E-state index contributed by atoms with van der Waals surface area (Å²) in [6, 6.07) is 0.187. The Balaban J connectivity index is 1.87. The van der Waals surface area contributed by atoms with Crippen LogP contribution >= 0.6 is 0 Å². The van der Waals surface area contributed by atoms with E-state index in [9.17, 15) is 4.79 Å². The third-order valence-corrected chi connectivity index (χ3v) is 5.75. The Morgan fingerprint density at radius 1 is 1.19 bits per heavy atom. The van der Waals surface area contributed by atoms with Gasteiger partial charge < -0.3 is 15.5 Å². The molecule has 0 bridgehead atoms. The minimum absolute atomic E-state index is 0.132. The Hall–Kier alpha value is -0.610. The summed E-state index contributed by atoms with van der Waals surface area (Å²) in [5.74, 6) is 2.13. The van der Waals surface area contributed by atoms with Crippen molar-refractivity contribution in [3.63, 3.8) is 0 Å². The van der Waals surface area contributed by atoms with Crippen LogP contribution in [-0.2, 0) is 4.79 Å². The molecular formula is C17H33N3O. The molecule has 0 radical (unpaired) electrons. The molecule has 1 saturated carbocycles. The number of carbonyl (C=O) groups is 1. The molecule has 0 aromatic heterocycles. The Kier molecular flexibility index (Phi) is 5.67. The lowest BCUT2D eigenvalue weighted by Gasteiger charge is -2.39. The minimum Gasteiger partial charge on any atom is -0.345 e. The van der Waals surface area contributed by atoms with Crippen LogP contribution in [0, 0.1) is 23.7 Å². The zero-order valence-corrected chi connectivity index (χ0v) is 14.2. The standard InChI is InChI=1S/C17H33N3O/c1-12-9-13(2)16(18)10-15(12)17(21)20(4)11-14-5-7-19(3)8-6-14/h12-16H,5-11,18H2,1-4H3. The number of likely N-dealkylation sites (tertiary alicyclic amines) is 1. The maximum Gasteiger partial charge on any atom is 0.225 e. The second-order valence-corrected chi connectivity index (χ2v) is 7.66. The summed E-state index contributed by atoms with van der Waals surface area (Å²) in [4.78, 5) is 17.1. The Morgan fingerprint density at radius 2 is 1.81 bits per heavy atom. The molecule has 4 atom stereocenters. The molecule has 2 rings (SSSR count). The van der Waals surface area contributed by atoms with E-state index in [2.05, 4.69) is 25.8 Å². The predicted octanol–water partition coefficient (Wildman–Crippen LogP) is 1.80. The maximum absolute atomic E-state index is 12.8. The van der Waals surface area contributed by atoms with Gasteiger partial charge in [0.1, 0.15) is 0 Å². The van der Waals surface area contributed by atoms with Crippen molar-refractivity contribution in [3.8, 4) is 0 Å². The van der Waals surface area contributed by atoms with E-state index in [-0.39, 0.29) is 12.0 Å². The molecule has 0 aromatic rings. The molecular weight excluding hydrogens is 262 g/mol. The van der Waals surface area contributed by atoms with Crippen LogP contribution in [0.15, 0.2) is 0 Å². The van der Waals surface area contributed by atoms with Crippen LogP contribution in [0.25, 0.3) is 0 Å². The van der Waals surface area contributed by atoms with Crippen molar-refractivity contribution >= 4 is 5.91 Å². The fourth-order valence-electron chi connectivity index (χ4n) is 4.03. The molecule has 2 fully saturated rings. The van der Waals surface area contributed by atoms with Crippen LogP contribution in [0.4, 0.5) is 0 Å². The lowest BCUT2D eigenvalue weighted by atomic mass is 9.72. The first-order valence-electron chi connectivity index (χ1n) is 8.57. The number of hydrogen-bond donors (Lipinski definition) is 1. The third-order valence-electron chi connectivity index (χ3n) is 5.75. The van der Waals surface area contributed by atoms with E-state index < -0.39 is 0 Å². The first-order valence-corrected chi connectivity index (χ1v) is 8.57. The molecule has 0 spiro atoms. The predicted molar refractivity (Wildman–Crippen MR) is 86.9 cm³/mol. The van der Waals surface area contributed by atoms with Gasteiger partial charge in [0.15, 0.2) is 0 Å². The second-order valence-electron chi connectivity index (χ2n) is 7.66. The van der Waals surface area contributed by atoms with Gasteiger partial charge in [0.2, 0.25) is 5.91 Å². The Bertz CT molecular complexity index is 352. The first-order chi connectivity index (χ1) is 9.88. The minimum atomic E-state index is 0.132. The summed E-state index contributed by atoms with van der Waals surface area (Å²) in [5, 5.41) is 0. The number of amides is 1. The highest BCUT2D eigenvalue weighted by Crippen LogP contribution is 2.34. The monoisotopic (exact) mass is 295 g/mol. The maximum atomic E-state index is 12.8. The molecule has 1 aliphatic heterocycles. The van der Waals surface area contributed by atoms with Gasteiger partial charge >= 0.3 is 0 Å². The van der Waals surface area contributed by atoms with Crippen molar-refractivity contribution in [2.24, 2.45) is 29.4 Å². The van der Waals surface area contributed by atoms with Gasteiger partial charge in [0.05, 0.1) is 0 Å². The van der Waals surface area contributed by atoms with E-state index in [0.717, 1.165) is 32.5 Å².